The van der Waals surface area contributed by atoms with Gasteiger partial charge in [-0.15, -0.1) is 0 Å². The Balaban J connectivity index is 1.78. The maximum Gasteiger partial charge on any atom is 0.254 e. The van der Waals surface area contributed by atoms with E-state index in [4.69, 9.17) is 14.2 Å². The molecular weight excluding hydrogens is 262 g/mol. The summed E-state index contributed by atoms with van der Waals surface area (Å²) < 4.78 is 16.0. The van der Waals surface area contributed by atoms with Gasteiger partial charge in [-0.25, -0.2) is 0 Å². The van der Waals surface area contributed by atoms with Crippen LogP contribution in [0.25, 0.3) is 0 Å². The highest BCUT2D eigenvalue weighted by atomic mass is 16.7. The van der Waals surface area contributed by atoms with Gasteiger partial charge >= 0.3 is 0 Å². The summed E-state index contributed by atoms with van der Waals surface area (Å²) in [6.07, 6.45) is -0.407. The number of benzene rings is 1. The van der Waals surface area contributed by atoms with Crippen molar-refractivity contribution >= 4 is 5.91 Å². The van der Waals surface area contributed by atoms with Crippen molar-refractivity contribution in [2.24, 2.45) is 0 Å². The van der Waals surface area contributed by atoms with Crippen molar-refractivity contribution < 1.29 is 24.1 Å². The monoisotopic (exact) mass is 279 g/mol. The molecule has 0 saturated carbocycles. The molecule has 2 aliphatic heterocycles. The van der Waals surface area contributed by atoms with Crippen molar-refractivity contribution in [3.63, 3.8) is 0 Å². The summed E-state index contributed by atoms with van der Waals surface area (Å²) in [6, 6.07) is 5.16. The van der Waals surface area contributed by atoms with E-state index >= 15 is 0 Å². The van der Waals surface area contributed by atoms with Crippen molar-refractivity contribution in [2.45, 2.75) is 19.1 Å². The van der Waals surface area contributed by atoms with Crippen molar-refractivity contribution in [1.82, 2.24) is 4.90 Å². The fourth-order valence-corrected chi connectivity index (χ4v) is 2.52. The van der Waals surface area contributed by atoms with Crippen LogP contribution in [0.15, 0.2) is 18.2 Å². The Labute approximate surface area is 116 Å². The zero-order valence-corrected chi connectivity index (χ0v) is 11.2. The SMILES string of the molecule is CC1CN(C(=O)c2ccc3c(c2)OCO3)CC(CO)O1. The lowest BCUT2D eigenvalue weighted by atomic mass is 10.1. The van der Waals surface area contributed by atoms with Crippen LogP contribution in [0.3, 0.4) is 0 Å². The summed E-state index contributed by atoms with van der Waals surface area (Å²) in [5.41, 5.74) is 0.556. The highest BCUT2D eigenvalue weighted by Crippen LogP contribution is 2.33. The van der Waals surface area contributed by atoms with Crippen LogP contribution in [0.5, 0.6) is 11.5 Å². The lowest BCUT2D eigenvalue weighted by Gasteiger charge is -2.36. The molecule has 108 valence electrons. The molecule has 2 unspecified atom stereocenters. The lowest BCUT2D eigenvalue weighted by Crippen LogP contribution is -2.50. The first-order valence-corrected chi connectivity index (χ1v) is 6.62. The fraction of sp³-hybridized carbons (Fsp3) is 0.500. The van der Waals surface area contributed by atoms with E-state index in [2.05, 4.69) is 0 Å². The van der Waals surface area contributed by atoms with Gasteiger partial charge in [-0.2, -0.15) is 0 Å². The number of nitrogens with zero attached hydrogens (tertiary/aromatic N) is 1. The third-order valence-electron chi connectivity index (χ3n) is 3.44. The van der Waals surface area contributed by atoms with Crippen LogP contribution < -0.4 is 9.47 Å². The molecule has 1 N–H and O–H groups in total. The largest absolute Gasteiger partial charge is 0.454 e. The van der Waals surface area contributed by atoms with Crippen LogP contribution in [0.4, 0.5) is 0 Å². The number of hydrogen-bond donors (Lipinski definition) is 1. The first kappa shape index (κ1) is 13.2. The molecule has 6 heteroatoms. The molecule has 1 aromatic rings. The van der Waals surface area contributed by atoms with Gasteiger partial charge in [0.05, 0.1) is 18.8 Å². The van der Waals surface area contributed by atoms with Crippen molar-refractivity contribution in [2.75, 3.05) is 26.5 Å². The van der Waals surface area contributed by atoms with E-state index in [1.54, 1.807) is 23.1 Å². The molecule has 20 heavy (non-hydrogen) atoms. The first-order chi connectivity index (χ1) is 9.67. The molecule has 2 heterocycles. The molecule has 1 saturated heterocycles. The lowest BCUT2D eigenvalue weighted by molar-refractivity contribution is -0.0858. The topological polar surface area (TPSA) is 68.2 Å². The van der Waals surface area contributed by atoms with Gasteiger partial charge in [0, 0.05) is 18.7 Å². The normalized spacial score (nSPS) is 24.8. The van der Waals surface area contributed by atoms with E-state index in [0.29, 0.717) is 30.2 Å². The zero-order chi connectivity index (χ0) is 14.1. The van der Waals surface area contributed by atoms with Crippen LogP contribution in [-0.4, -0.2) is 54.6 Å². The van der Waals surface area contributed by atoms with Crippen LogP contribution in [0.1, 0.15) is 17.3 Å². The zero-order valence-electron chi connectivity index (χ0n) is 11.2. The Morgan fingerprint density at radius 3 is 2.95 bits per heavy atom. The minimum Gasteiger partial charge on any atom is -0.454 e. The maximum atomic E-state index is 12.5. The molecule has 0 spiro atoms. The number of rotatable bonds is 2. The quantitative estimate of drug-likeness (QED) is 0.860. The predicted octanol–water partition coefficient (Wildman–Crippen LogP) is 0.637. The van der Waals surface area contributed by atoms with Gasteiger partial charge in [-0.3, -0.25) is 4.79 Å². The predicted molar refractivity (Wildman–Crippen MR) is 69.9 cm³/mol. The van der Waals surface area contributed by atoms with Crippen molar-refractivity contribution in [3.05, 3.63) is 23.8 Å². The van der Waals surface area contributed by atoms with Gasteiger partial charge in [0.1, 0.15) is 0 Å². The van der Waals surface area contributed by atoms with E-state index in [0.717, 1.165) is 0 Å². The molecule has 0 aliphatic carbocycles. The van der Waals surface area contributed by atoms with E-state index in [1.165, 1.54) is 0 Å². The fourth-order valence-electron chi connectivity index (χ4n) is 2.52. The summed E-state index contributed by atoms with van der Waals surface area (Å²) in [7, 11) is 0. The number of amides is 1. The van der Waals surface area contributed by atoms with Gasteiger partial charge in [0.2, 0.25) is 6.79 Å². The molecule has 0 radical (unpaired) electrons. The Morgan fingerprint density at radius 2 is 2.15 bits per heavy atom. The molecule has 2 aliphatic rings. The van der Waals surface area contributed by atoms with Crippen LogP contribution in [0.2, 0.25) is 0 Å². The minimum atomic E-state index is -0.322. The Morgan fingerprint density at radius 1 is 1.35 bits per heavy atom. The van der Waals surface area contributed by atoms with E-state index in [1.807, 2.05) is 6.92 Å². The van der Waals surface area contributed by atoms with Gasteiger partial charge in [0.15, 0.2) is 11.5 Å². The van der Waals surface area contributed by atoms with E-state index in [9.17, 15) is 9.90 Å². The average Bonchev–Trinajstić information content (AvgIpc) is 2.93. The highest BCUT2D eigenvalue weighted by molar-refractivity contribution is 5.95. The number of hydrogen-bond acceptors (Lipinski definition) is 5. The Hall–Kier alpha value is -1.79. The molecular formula is C14H17NO5. The van der Waals surface area contributed by atoms with Crippen LogP contribution in [-0.2, 0) is 4.74 Å². The van der Waals surface area contributed by atoms with E-state index < -0.39 is 0 Å². The number of fused-ring (bicyclic) bond motifs is 1. The van der Waals surface area contributed by atoms with Crippen LogP contribution in [0, 0.1) is 0 Å². The van der Waals surface area contributed by atoms with Crippen molar-refractivity contribution in [1.29, 1.82) is 0 Å². The molecule has 3 rings (SSSR count). The maximum absolute atomic E-state index is 12.5. The van der Waals surface area contributed by atoms with Gasteiger partial charge in [-0.05, 0) is 25.1 Å². The third-order valence-corrected chi connectivity index (χ3v) is 3.44. The van der Waals surface area contributed by atoms with Gasteiger partial charge in [-0.1, -0.05) is 0 Å². The second-order valence-corrected chi connectivity index (χ2v) is 5.03. The van der Waals surface area contributed by atoms with Crippen molar-refractivity contribution in [3.8, 4) is 11.5 Å². The molecule has 6 nitrogen and oxygen atoms in total. The summed E-state index contributed by atoms with van der Waals surface area (Å²) in [4.78, 5) is 14.2. The van der Waals surface area contributed by atoms with Crippen LogP contribution >= 0.6 is 0 Å². The number of ether oxygens (including phenoxy) is 3. The summed E-state index contributed by atoms with van der Waals surface area (Å²) >= 11 is 0. The van der Waals surface area contributed by atoms with E-state index in [-0.39, 0.29) is 31.5 Å². The highest BCUT2D eigenvalue weighted by Gasteiger charge is 2.29. The van der Waals surface area contributed by atoms with Gasteiger partial charge in [0.25, 0.3) is 5.91 Å². The number of morpholine rings is 1. The molecule has 0 bridgehead atoms. The second kappa shape index (κ2) is 5.30. The molecule has 0 aromatic heterocycles. The Bertz CT molecular complexity index is 518. The standard InChI is InChI=1S/C14H17NO5/c1-9-5-15(6-11(7-16)20-9)14(17)10-2-3-12-13(4-10)19-8-18-12/h2-4,9,11,16H,5-8H2,1H3. The number of aliphatic hydroxyl groups is 1. The summed E-state index contributed by atoms with van der Waals surface area (Å²) in [5.74, 6) is 1.16. The third kappa shape index (κ3) is 2.44. The molecule has 2 atom stereocenters. The number of carbonyl (C=O) groups excluding carboxylic acids is 1. The summed E-state index contributed by atoms with van der Waals surface area (Å²) in [5, 5.41) is 9.21. The number of carbonyl (C=O) groups is 1. The Kier molecular flexibility index (Phi) is 3.50. The second-order valence-electron chi connectivity index (χ2n) is 5.03. The average molecular weight is 279 g/mol. The number of aliphatic hydroxyl groups excluding tert-OH is 1. The smallest absolute Gasteiger partial charge is 0.254 e. The molecule has 1 amide bonds. The molecule has 1 aromatic carbocycles. The minimum absolute atomic E-state index is 0.0844. The first-order valence-electron chi connectivity index (χ1n) is 6.62. The summed E-state index contributed by atoms with van der Waals surface area (Å²) in [6.45, 7) is 2.91. The molecule has 1 fully saturated rings. The van der Waals surface area contributed by atoms with Gasteiger partial charge < -0.3 is 24.2 Å².